The van der Waals surface area contributed by atoms with E-state index in [4.69, 9.17) is 5.73 Å². The molecule has 21 heavy (non-hydrogen) atoms. The van der Waals surface area contributed by atoms with Gasteiger partial charge in [0.25, 0.3) is 0 Å². The monoisotopic (exact) mass is 297 g/mol. The predicted molar refractivity (Wildman–Crippen MR) is 75.2 cm³/mol. The maximum Gasteiger partial charge on any atom is 0.307 e. The van der Waals surface area contributed by atoms with Crippen molar-refractivity contribution in [3.8, 4) is 0 Å². The van der Waals surface area contributed by atoms with Crippen molar-refractivity contribution in [3.05, 3.63) is 0 Å². The standard InChI is InChI=1S/C14H23N3O4/c1-14(2)10(11(14)13(20)21)12(19)17-5-3-4-16(6-7-17)8-9(15)18/h10-11H,3-8H2,1-2H3,(H2,15,18)(H,20,21). The Morgan fingerprint density at radius 3 is 2.33 bits per heavy atom. The zero-order valence-electron chi connectivity index (χ0n) is 12.5. The molecule has 2 rings (SSSR count). The van der Waals surface area contributed by atoms with Gasteiger partial charge in [0.05, 0.1) is 18.4 Å². The molecule has 1 saturated carbocycles. The van der Waals surface area contributed by atoms with Gasteiger partial charge in [0.2, 0.25) is 11.8 Å². The number of rotatable bonds is 4. The van der Waals surface area contributed by atoms with Gasteiger partial charge in [-0.3, -0.25) is 19.3 Å². The van der Waals surface area contributed by atoms with Gasteiger partial charge in [-0.15, -0.1) is 0 Å². The SMILES string of the molecule is CC1(C)C(C(=O)O)C1C(=O)N1CCCN(CC(N)=O)CC1. The van der Waals surface area contributed by atoms with Crippen LogP contribution in [-0.4, -0.2) is 65.4 Å². The van der Waals surface area contributed by atoms with E-state index in [1.165, 1.54) is 0 Å². The average molecular weight is 297 g/mol. The van der Waals surface area contributed by atoms with Crippen LogP contribution in [0.1, 0.15) is 20.3 Å². The molecule has 0 aromatic rings. The molecule has 7 nitrogen and oxygen atoms in total. The average Bonchev–Trinajstić information content (AvgIpc) is 3.00. The Bertz CT molecular complexity index is 463. The molecule has 118 valence electrons. The summed E-state index contributed by atoms with van der Waals surface area (Å²) >= 11 is 0. The number of carboxylic acid groups (broad SMARTS) is 1. The minimum Gasteiger partial charge on any atom is -0.481 e. The van der Waals surface area contributed by atoms with Gasteiger partial charge in [-0.1, -0.05) is 13.8 Å². The summed E-state index contributed by atoms with van der Waals surface area (Å²) in [6.07, 6.45) is 0.768. The first kappa shape index (κ1) is 15.8. The zero-order chi connectivity index (χ0) is 15.8. The topological polar surface area (TPSA) is 104 Å². The number of primary amides is 1. The van der Waals surface area contributed by atoms with Crippen LogP contribution in [0, 0.1) is 17.3 Å². The van der Waals surface area contributed by atoms with Crippen LogP contribution in [0.3, 0.4) is 0 Å². The molecule has 2 aliphatic rings. The zero-order valence-corrected chi connectivity index (χ0v) is 12.5. The van der Waals surface area contributed by atoms with Crippen molar-refractivity contribution < 1.29 is 19.5 Å². The van der Waals surface area contributed by atoms with Gasteiger partial charge in [-0.05, 0) is 11.8 Å². The van der Waals surface area contributed by atoms with E-state index in [0.29, 0.717) is 19.6 Å². The fraction of sp³-hybridized carbons (Fsp3) is 0.786. The minimum absolute atomic E-state index is 0.0756. The third-order valence-corrected chi connectivity index (χ3v) is 4.64. The van der Waals surface area contributed by atoms with Crippen LogP contribution < -0.4 is 5.73 Å². The molecule has 1 aliphatic heterocycles. The third kappa shape index (κ3) is 3.18. The normalized spacial score (nSPS) is 28.8. The number of hydrogen-bond donors (Lipinski definition) is 2. The van der Waals surface area contributed by atoms with Crippen molar-refractivity contribution in [2.75, 3.05) is 32.7 Å². The fourth-order valence-corrected chi connectivity index (χ4v) is 3.33. The highest BCUT2D eigenvalue weighted by atomic mass is 16.4. The first-order valence-electron chi connectivity index (χ1n) is 7.27. The second-order valence-corrected chi connectivity index (χ2v) is 6.54. The van der Waals surface area contributed by atoms with E-state index in [1.54, 1.807) is 4.90 Å². The lowest BCUT2D eigenvalue weighted by Gasteiger charge is -2.22. The maximum absolute atomic E-state index is 12.5. The van der Waals surface area contributed by atoms with Crippen LogP contribution in [0.5, 0.6) is 0 Å². The Balaban J connectivity index is 1.95. The summed E-state index contributed by atoms with van der Waals surface area (Å²) in [6, 6.07) is 0. The van der Waals surface area contributed by atoms with Crippen LogP contribution in [0.4, 0.5) is 0 Å². The summed E-state index contributed by atoms with van der Waals surface area (Å²) in [5, 5.41) is 9.17. The van der Waals surface area contributed by atoms with Crippen molar-refractivity contribution in [1.82, 2.24) is 9.80 Å². The lowest BCUT2D eigenvalue weighted by Crippen LogP contribution is -2.39. The minimum atomic E-state index is -0.900. The van der Waals surface area contributed by atoms with E-state index >= 15 is 0 Å². The molecule has 7 heteroatoms. The van der Waals surface area contributed by atoms with Crippen LogP contribution in [0.25, 0.3) is 0 Å². The number of hydrogen-bond acceptors (Lipinski definition) is 4. The quantitative estimate of drug-likeness (QED) is 0.718. The van der Waals surface area contributed by atoms with Gasteiger partial charge in [0.1, 0.15) is 0 Å². The van der Waals surface area contributed by atoms with E-state index in [9.17, 15) is 19.5 Å². The highest BCUT2D eigenvalue weighted by Crippen LogP contribution is 2.59. The summed E-state index contributed by atoms with van der Waals surface area (Å²) in [4.78, 5) is 38.3. The van der Waals surface area contributed by atoms with Crippen molar-refractivity contribution in [2.45, 2.75) is 20.3 Å². The molecule has 0 aromatic heterocycles. The smallest absolute Gasteiger partial charge is 0.307 e. The molecule has 2 atom stereocenters. The van der Waals surface area contributed by atoms with Gasteiger partial charge in [0.15, 0.2) is 0 Å². The highest BCUT2D eigenvalue weighted by molar-refractivity contribution is 5.91. The van der Waals surface area contributed by atoms with Crippen LogP contribution in [-0.2, 0) is 14.4 Å². The number of nitrogens with zero attached hydrogens (tertiary/aromatic N) is 2. The Labute approximate surface area is 124 Å². The van der Waals surface area contributed by atoms with Crippen LogP contribution >= 0.6 is 0 Å². The van der Waals surface area contributed by atoms with Gasteiger partial charge < -0.3 is 15.7 Å². The molecule has 2 unspecified atom stereocenters. The fourth-order valence-electron chi connectivity index (χ4n) is 3.33. The largest absolute Gasteiger partial charge is 0.481 e. The van der Waals surface area contributed by atoms with Crippen molar-refractivity contribution in [1.29, 1.82) is 0 Å². The van der Waals surface area contributed by atoms with E-state index in [-0.39, 0.29) is 18.4 Å². The molecular weight excluding hydrogens is 274 g/mol. The molecular formula is C14H23N3O4. The summed E-state index contributed by atoms with van der Waals surface area (Å²) in [5.74, 6) is -2.37. The summed E-state index contributed by atoms with van der Waals surface area (Å²) < 4.78 is 0. The van der Waals surface area contributed by atoms with Gasteiger partial charge in [-0.25, -0.2) is 0 Å². The second kappa shape index (κ2) is 5.63. The summed E-state index contributed by atoms with van der Waals surface area (Å²) in [6.45, 7) is 6.30. The third-order valence-electron chi connectivity index (χ3n) is 4.64. The van der Waals surface area contributed by atoms with E-state index in [0.717, 1.165) is 13.0 Å². The number of carbonyl (C=O) groups excluding carboxylic acids is 2. The maximum atomic E-state index is 12.5. The lowest BCUT2D eigenvalue weighted by atomic mass is 10.1. The Morgan fingerprint density at radius 2 is 1.81 bits per heavy atom. The van der Waals surface area contributed by atoms with Crippen LogP contribution in [0.15, 0.2) is 0 Å². The highest BCUT2D eigenvalue weighted by Gasteiger charge is 2.66. The number of carbonyl (C=O) groups is 3. The molecule has 0 spiro atoms. The molecule has 1 aliphatic carbocycles. The number of carboxylic acids is 1. The van der Waals surface area contributed by atoms with Crippen molar-refractivity contribution in [2.24, 2.45) is 23.0 Å². The first-order chi connectivity index (χ1) is 9.75. The number of nitrogens with two attached hydrogens (primary N) is 1. The molecule has 0 radical (unpaired) electrons. The van der Waals surface area contributed by atoms with Crippen molar-refractivity contribution >= 4 is 17.8 Å². The molecule has 1 saturated heterocycles. The number of amides is 2. The van der Waals surface area contributed by atoms with E-state index in [1.807, 2.05) is 18.7 Å². The van der Waals surface area contributed by atoms with Gasteiger partial charge in [-0.2, -0.15) is 0 Å². The lowest BCUT2D eigenvalue weighted by molar-refractivity contribution is -0.142. The predicted octanol–water partition coefficient (Wildman–Crippen LogP) is -0.637. The number of aliphatic carboxylic acids is 1. The van der Waals surface area contributed by atoms with Gasteiger partial charge >= 0.3 is 5.97 Å². The Kier molecular flexibility index (Phi) is 4.22. The van der Waals surface area contributed by atoms with Crippen LogP contribution in [0.2, 0.25) is 0 Å². The molecule has 2 amide bonds. The van der Waals surface area contributed by atoms with Gasteiger partial charge in [0, 0.05) is 26.2 Å². The molecule has 0 aromatic carbocycles. The molecule has 0 bridgehead atoms. The summed E-state index contributed by atoms with van der Waals surface area (Å²) in [7, 11) is 0. The second-order valence-electron chi connectivity index (χ2n) is 6.54. The molecule has 2 fully saturated rings. The van der Waals surface area contributed by atoms with E-state index in [2.05, 4.69) is 0 Å². The molecule has 3 N–H and O–H groups in total. The first-order valence-corrected chi connectivity index (χ1v) is 7.27. The Hall–Kier alpha value is -1.63. The summed E-state index contributed by atoms with van der Waals surface area (Å²) in [5.41, 5.74) is 4.72. The van der Waals surface area contributed by atoms with Crippen molar-refractivity contribution in [3.63, 3.8) is 0 Å². The Morgan fingerprint density at radius 1 is 1.14 bits per heavy atom. The molecule has 1 heterocycles. The van der Waals surface area contributed by atoms with E-state index < -0.39 is 23.2 Å².